The molecule has 98 valence electrons. The Morgan fingerprint density at radius 2 is 2.06 bits per heavy atom. The molecule has 0 aromatic rings. The minimum atomic E-state index is -1.20. The van der Waals surface area contributed by atoms with Crippen LogP contribution in [0.4, 0.5) is 0 Å². The van der Waals surface area contributed by atoms with Gasteiger partial charge in [0.05, 0.1) is 11.5 Å². The van der Waals surface area contributed by atoms with Crippen LogP contribution in [0.2, 0.25) is 0 Å². The van der Waals surface area contributed by atoms with Gasteiger partial charge in [0.25, 0.3) is 0 Å². The van der Waals surface area contributed by atoms with E-state index in [1.54, 1.807) is 19.1 Å². The monoisotopic (exact) mass is 249 g/mol. The number of nitriles is 1. The second-order valence-corrected chi connectivity index (χ2v) is 5.23. The Morgan fingerprint density at radius 1 is 1.50 bits per heavy atom. The molecule has 0 aliphatic heterocycles. The average molecular weight is 249 g/mol. The number of aliphatic carboxylic acids is 1. The van der Waals surface area contributed by atoms with E-state index in [4.69, 9.17) is 5.11 Å². The molecule has 2 N–H and O–H groups in total. The van der Waals surface area contributed by atoms with Gasteiger partial charge in [-0.1, -0.05) is 26.0 Å². The highest BCUT2D eigenvalue weighted by Gasteiger charge is 2.59. The fourth-order valence-corrected chi connectivity index (χ4v) is 2.13. The Labute approximate surface area is 107 Å². The Balaban J connectivity index is 3.00. The van der Waals surface area contributed by atoms with Gasteiger partial charge < -0.3 is 10.2 Å². The third-order valence-corrected chi connectivity index (χ3v) is 3.56. The SMILES string of the molecule is CC(=C/C(=O)O)/C=C/C(O)(C(C)C)C1(C#N)CC1. The van der Waals surface area contributed by atoms with Crippen molar-refractivity contribution < 1.29 is 15.0 Å². The maximum atomic E-state index is 10.7. The number of allylic oxidation sites excluding steroid dienone is 2. The zero-order chi connectivity index (χ0) is 14.0. The highest BCUT2D eigenvalue weighted by Crippen LogP contribution is 2.56. The molecule has 0 heterocycles. The van der Waals surface area contributed by atoms with E-state index in [1.807, 2.05) is 13.8 Å². The first-order valence-corrected chi connectivity index (χ1v) is 6.01. The summed E-state index contributed by atoms with van der Waals surface area (Å²) in [7, 11) is 0. The lowest BCUT2D eigenvalue weighted by atomic mass is 9.76. The van der Waals surface area contributed by atoms with Gasteiger partial charge in [0.1, 0.15) is 5.60 Å². The fraction of sp³-hybridized carbons (Fsp3) is 0.571. The molecule has 1 rings (SSSR count). The van der Waals surface area contributed by atoms with Gasteiger partial charge in [-0.15, -0.1) is 0 Å². The van der Waals surface area contributed by atoms with Crippen molar-refractivity contribution >= 4 is 5.97 Å². The van der Waals surface area contributed by atoms with Crippen LogP contribution in [0.25, 0.3) is 0 Å². The van der Waals surface area contributed by atoms with Crippen LogP contribution in [0.15, 0.2) is 23.8 Å². The van der Waals surface area contributed by atoms with E-state index >= 15 is 0 Å². The van der Waals surface area contributed by atoms with Crippen molar-refractivity contribution in [2.24, 2.45) is 11.3 Å². The lowest BCUT2D eigenvalue weighted by Crippen LogP contribution is -2.42. The number of hydrogen-bond acceptors (Lipinski definition) is 3. The smallest absolute Gasteiger partial charge is 0.328 e. The van der Waals surface area contributed by atoms with Crippen molar-refractivity contribution in [1.29, 1.82) is 5.26 Å². The van der Waals surface area contributed by atoms with E-state index in [1.165, 1.54) is 0 Å². The van der Waals surface area contributed by atoms with Crippen LogP contribution in [0.1, 0.15) is 33.6 Å². The Morgan fingerprint density at radius 3 is 2.39 bits per heavy atom. The Kier molecular flexibility index (Phi) is 3.98. The summed E-state index contributed by atoms with van der Waals surface area (Å²) in [5.74, 6) is -1.12. The van der Waals surface area contributed by atoms with Crippen molar-refractivity contribution in [3.05, 3.63) is 23.8 Å². The van der Waals surface area contributed by atoms with E-state index in [0.29, 0.717) is 18.4 Å². The number of nitrogens with zero attached hydrogens (tertiary/aromatic N) is 1. The molecule has 1 unspecified atom stereocenters. The first-order valence-electron chi connectivity index (χ1n) is 6.01. The highest BCUT2D eigenvalue weighted by molar-refractivity contribution is 5.81. The zero-order valence-electron chi connectivity index (χ0n) is 11.0. The first-order chi connectivity index (χ1) is 8.27. The molecule has 1 saturated carbocycles. The summed E-state index contributed by atoms with van der Waals surface area (Å²) >= 11 is 0. The summed E-state index contributed by atoms with van der Waals surface area (Å²) in [6, 6.07) is 2.20. The highest BCUT2D eigenvalue weighted by atomic mass is 16.4. The number of hydrogen-bond donors (Lipinski definition) is 2. The molecule has 4 heteroatoms. The molecule has 4 nitrogen and oxygen atoms in total. The standard InChI is InChI=1S/C14H19NO3/c1-10(2)14(18,13(9-15)6-7-13)5-4-11(3)8-12(16)17/h4-5,8,10,18H,6-7H2,1-3H3,(H,16,17)/b5-4+,11-8-. The van der Waals surface area contributed by atoms with E-state index in [9.17, 15) is 15.2 Å². The Hall–Kier alpha value is -1.60. The van der Waals surface area contributed by atoms with Crippen LogP contribution in [-0.4, -0.2) is 21.8 Å². The maximum absolute atomic E-state index is 10.7. The zero-order valence-corrected chi connectivity index (χ0v) is 11.0. The van der Waals surface area contributed by atoms with Crippen LogP contribution in [-0.2, 0) is 4.79 Å². The number of aliphatic hydroxyl groups is 1. The van der Waals surface area contributed by atoms with Crippen molar-refractivity contribution in [1.82, 2.24) is 0 Å². The third kappa shape index (κ3) is 2.62. The molecule has 0 bridgehead atoms. The van der Waals surface area contributed by atoms with Gasteiger partial charge in [-0.05, 0) is 31.3 Å². The lowest BCUT2D eigenvalue weighted by Gasteiger charge is -2.33. The molecule has 0 amide bonds. The molecule has 0 radical (unpaired) electrons. The number of carbonyl (C=O) groups is 1. The van der Waals surface area contributed by atoms with Crippen molar-refractivity contribution in [2.45, 2.75) is 39.2 Å². The predicted molar refractivity (Wildman–Crippen MR) is 67.6 cm³/mol. The minimum Gasteiger partial charge on any atom is -0.478 e. The molecule has 18 heavy (non-hydrogen) atoms. The molecule has 0 aromatic carbocycles. The summed E-state index contributed by atoms with van der Waals surface area (Å²) in [5.41, 5.74) is -1.37. The van der Waals surface area contributed by atoms with Crippen molar-refractivity contribution in [3.8, 4) is 6.07 Å². The normalized spacial score (nSPS) is 21.7. The second kappa shape index (κ2) is 4.95. The quantitative estimate of drug-likeness (QED) is 0.578. The van der Waals surface area contributed by atoms with Crippen LogP contribution in [0.5, 0.6) is 0 Å². The van der Waals surface area contributed by atoms with Gasteiger partial charge in [0.15, 0.2) is 0 Å². The van der Waals surface area contributed by atoms with Crippen molar-refractivity contribution in [3.63, 3.8) is 0 Å². The topological polar surface area (TPSA) is 81.3 Å². The maximum Gasteiger partial charge on any atom is 0.328 e. The van der Waals surface area contributed by atoms with E-state index in [2.05, 4.69) is 6.07 Å². The van der Waals surface area contributed by atoms with Gasteiger partial charge >= 0.3 is 5.97 Å². The van der Waals surface area contributed by atoms with Gasteiger partial charge in [0.2, 0.25) is 0 Å². The third-order valence-electron chi connectivity index (χ3n) is 3.56. The van der Waals surface area contributed by atoms with E-state index in [-0.39, 0.29) is 5.92 Å². The second-order valence-electron chi connectivity index (χ2n) is 5.23. The molecule has 1 atom stereocenters. The van der Waals surface area contributed by atoms with Crippen LogP contribution < -0.4 is 0 Å². The van der Waals surface area contributed by atoms with Gasteiger partial charge in [0, 0.05) is 6.08 Å². The molecule has 1 aliphatic rings. The van der Waals surface area contributed by atoms with Crippen LogP contribution in [0, 0.1) is 22.7 Å². The first kappa shape index (κ1) is 14.5. The summed E-state index contributed by atoms with van der Waals surface area (Å²) in [5, 5.41) is 28.5. The average Bonchev–Trinajstić information content (AvgIpc) is 3.05. The van der Waals surface area contributed by atoms with Gasteiger partial charge in [-0.25, -0.2) is 4.79 Å². The summed E-state index contributed by atoms with van der Waals surface area (Å²) in [6.07, 6.45) is 5.59. The molecular weight excluding hydrogens is 230 g/mol. The number of carboxylic acid groups (broad SMARTS) is 1. The molecule has 0 aromatic heterocycles. The summed E-state index contributed by atoms with van der Waals surface area (Å²) in [6.45, 7) is 5.37. The lowest BCUT2D eigenvalue weighted by molar-refractivity contribution is -0.131. The molecular formula is C14H19NO3. The minimum absolute atomic E-state index is 0.103. The van der Waals surface area contributed by atoms with E-state index < -0.39 is 17.0 Å². The van der Waals surface area contributed by atoms with Gasteiger partial charge in [-0.3, -0.25) is 0 Å². The van der Waals surface area contributed by atoms with Crippen molar-refractivity contribution in [2.75, 3.05) is 0 Å². The van der Waals surface area contributed by atoms with Gasteiger partial charge in [-0.2, -0.15) is 5.26 Å². The molecule has 1 aliphatic carbocycles. The Bertz CT molecular complexity index is 438. The number of rotatable bonds is 5. The molecule has 0 saturated heterocycles. The van der Waals surface area contributed by atoms with Crippen LogP contribution >= 0.6 is 0 Å². The summed E-state index contributed by atoms with van der Waals surface area (Å²) < 4.78 is 0. The van der Waals surface area contributed by atoms with E-state index in [0.717, 1.165) is 6.08 Å². The fourth-order valence-electron chi connectivity index (χ4n) is 2.13. The summed E-state index contributed by atoms with van der Waals surface area (Å²) in [4.78, 5) is 10.5. The largest absolute Gasteiger partial charge is 0.478 e. The predicted octanol–water partition coefficient (Wildman–Crippen LogP) is 2.26. The number of carboxylic acids is 1. The molecule has 0 spiro atoms. The molecule has 1 fully saturated rings. The van der Waals surface area contributed by atoms with Crippen LogP contribution in [0.3, 0.4) is 0 Å².